The first kappa shape index (κ1) is 16.4. The standard InChI is InChI=1S/C13H29N3O/c1-5-12(3)16(4)9-8-15-13(17)7-6-11(2)10-14/h11-12H,5-10,14H2,1-4H3,(H,15,17). The first-order chi connectivity index (χ1) is 8.01. The van der Waals surface area contributed by atoms with Gasteiger partial charge < -0.3 is 16.0 Å². The van der Waals surface area contributed by atoms with Crippen LogP contribution >= 0.6 is 0 Å². The lowest BCUT2D eigenvalue weighted by Crippen LogP contribution is -2.37. The zero-order chi connectivity index (χ0) is 13.3. The first-order valence-corrected chi connectivity index (χ1v) is 6.68. The van der Waals surface area contributed by atoms with E-state index < -0.39 is 0 Å². The van der Waals surface area contributed by atoms with Crippen LogP contribution in [0.2, 0.25) is 0 Å². The van der Waals surface area contributed by atoms with Crippen LogP contribution in [0, 0.1) is 5.92 Å². The summed E-state index contributed by atoms with van der Waals surface area (Å²) < 4.78 is 0. The number of nitrogens with one attached hydrogen (secondary N) is 1. The normalized spacial score (nSPS) is 14.7. The topological polar surface area (TPSA) is 58.4 Å². The highest BCUT2D eigenvalue weighted by atomic mass is 16.1. The van der Waals surface area contributed by atoms with E-state index >= 15 is 0 Å². The van der Waals surface area contributed by atoms with Gasteiger partial charge in [-0.1, -0.05) is 13.8 Å². The third-order valence-electron chi connectivity index (χ3n) is 3.40. The lowest BCUT2D eigenvalue weighted by atomic mass is 10.1. The van der Waals surface area contributed by atoms with Gasteiger partial charge in [-0.05, 0) is 39.3 Å². The highest BCUT2D eigenvalue weighted by Gasteiger charge is 2.08. The summed E-state index contributed by atoms with van der Waals surface area (Å²) in [7, 11) is 2.09. The Morgan fingerprint density at radius 3 is 2.59 bits per heavy atom. The van der Waals surface area contributed by atoms with Crippen LogP contribution in [0.5, 0.6) is 0 Å². The highest BCUT2D eigenvalue weighted by molar-refractivity contribution is 5.75. The van der Waals surface area contributed by atoms with E-state index in [9.17, 15) is 4.79 Å². The molecule has 2 unspecified atom stereocenters. The van der Waals surface area contributed by atoms with Crippen molar-refractivity contribution in [1.29, 1.82) is 0 Å². The molecule has 2 atom stereocenters. The molecule has 102 valence electrons. The van der Waals surface area contributed by atoms with E-state index in [0.29, 0.717) is 24.9 Å². The summed E-state index contributed by atoms with van der Waals surface area (Å²) in [6.07, 6.45) is 2.60. The molecule has 0 saturated carbocycles. The van der Waals surface area contributed by atoms with Gasteiger partial charge in [0.25, 0.3) is 0 Å². The summed E-state index contributed by atoms with van der Waals surface area (Å²) in [5.74, 6) is 0.575. The quantitative estimate of drug-likeness (QED) is 0.640. The molecule has 1 amide bonds. The Bertz CT molecular complexity index is 209. The van der Waals surface area contributed by atoms with E-state index in [0.717, 1.165) is 25.9 Å². The van der Waals surface area contributed by atoms with E-state index in [1.165, 1.54) is 0 Å². The average Bonchev–Trinajstić information content (AvgIpc) is 2.34. The van der Waals surface area contributed by atoms with Crippen molar-refractivity contribution in [1.82, 2.24) is 10.2 Å². The van der Waals surface area contributed by atoms with E-state index in [2.05, 4.69) is 38.0 Å². The highest BCUT2D eigenvalue weighted by Crippen LogP contribution is 2.02. The molecule has 0 aromatic carbocycles. The fraction of sp³-hybridized carbons (Fsp3) is 0.923. The predicted octanol–water partition coefficient (Wildman–Crippen LogP) is 1.21. The summed E-state index contributed by atoms with van der Waals surface area (Å²) in [6.45, 7) is 8.75. The number of carbonyl (C=O) groups is 1. The second kappa shape index (κ2) is 9.42. The Labute approximate surface area is 106 Å². The van der Waals surface area contributed by atoms with Gasteiger partial charge in [-0.15, -0.1) is 0 Å². The molecule has 0 spiro atoms. The molecule has 0 rings (SSSR count). The zero-order valence-corrected chi connectivity index (χ0v) is 11.8. The maximum Gasteiger partial charge on any atom is 0.220 e. The molecule has 0 aliphatic rings. The molecule has 0 heterocycles. The minimum absolute atomic E-state index is 0.142. The van der Waals surface area contributed by atoms with Crippen molar-refractivity contribution in [2.45, 2.75) is 46.1 Å². The second-order valence-corrected chi connectivity index (χ2v) is 4.97. The Morgan fingerprint density at radius 2 is 2.06 bits per heavy atom. The number of amides is 1. The Balaban J connectivity index is 3.57. The second-order valence-electron chi connectivity index (χ2n) is 4.97. The average molecular weight is 243 g/mol. The van der Waals surface area contributed by atoms with E-state index in [1.807, 2.05) is 0 Å². The molecule has 0 aliphatic heterocycles. The van der Waals surface area contributed by atoms with Gasteiger partial charge >= 0.3 is 0 Å². The molecular formula is C13H29N3O. The lowest BCUT2D eigenvalue weighted by molar-refractivity contribution is -0.121. The van der Waals surface area contributed by atoms with Gasteiger partial charge in [0.15, 0.2) is 0 Å². The van der Waals surface area contributed by atoms with Gasteiger partial charge in [0, 0.05) is 25.6 Å². The zero-order valence-electron chi connectivity index (χ0n) is 11.8. The van der Waals surface area contributed by atoms with Gasteiger partial charge in [-0.25, -0.2) is 0 Å². The summed E-state index contributed by atoms with van der Waals surface area (Å²) in [5, 5.41) is 2.95. The van der Waals surface area contributed by atoms with Crippen molar-refractivity contribution in [3.05, 3.63) is 0 Å². The number of carbonyl (C=O) groups excluding carboxylic acids is 1. The van der Waals surface area contributed by atoms with Gasteiger partial charge in [0.2, 0.25) is 5.91 Å². The van der Waals surface area contributed by atoms with Crippen molar-refractivity contribution in [3.8, 4) is 0 Å². The number of likely N-dealkylation sites (N-methyl/N-ethyl adjacent to an activating group) is 1. The van der Waals surface area contributed by atoms with Crippen LogP contribution in [0.1, 0.15) is 40.0 Å². The molecule has 0 saturated heterocycles. The van der Waals surface area contributed by atoms with Gasteiger partial charge in [-0.3, -0.25) is 4.79 Å². The van der Waals surface area contributed by atoms with Crippen molar-refractivity contribution in [3.63, 3.8) is 0 Å². The largest absolute Gasteiger partial charge is 0.355 e. The van der Waals surface area contributed by atoms with Crippen molar-refractivity contribution in [2.75, 3.05) is 26.7 Å². The van der Waals surface area contributed by atoms with Crippen LogP contribution < -0.4 is 11.1 Å². The van der Waals surface area contributed by atoms with E-state index in [-0.39, 0.29) is 5.91 Å². The van der Waals surface area contributed by atoms with Crippen LogP contribution in [0.25, 0.3) is 0 Å². The Morgan fingerprint density at radius 1 is 1.41 bits per heavy atom. The van der Waals surface area contributed by atoms with Crippen LogP contribution in [-0.4, -0.2) is 43.5 Å². The van der Waals surface area contributed by atoms with Gasteiger partial charge in [-0.2, -0.15) is 0 Å². The number of nitrogens with two attached hydrogens (primary N) is 1. The summed E-state index contributed by atoms with van der Waals surface area (Å²) >= 11 is 0. The molecule has 0 aliphatic carbocycles. The number of nitrogens with zero attached hydrogens (tertiary/aromatic N) is 1. The predicted molar refractivity (Wildman–Crippen MR) is 72.8 cm³/mol. The minimum atomic E-state index is 0.142. The Kier molecular flexibility index (Phi) is 9.09. The lowest BCUT2D eigenvalue weighted by Gasteiger charge is -2.23. The number of hydrogen-bond acceptors (Lipinski definition) is 3. The molecule has 17 heavy (non-hydrogen) atoms. The summed E-state index contributed by atoms with van der Waals surface area (Å²) in [6, 6.07) is 0.573. The Hall–Kier alpha value is -0.610. The number of rotatable bonds is 9. The molecule has 0 radical (unpaired) electrons. The van der Waals surface area contributed by atoms with E-state index in [1.54, 1.807) is 0 Å². The van der Waals surface area contributed by atoms with Crippen LogP contribution in [0.3, 0.4) is 0 Å². The molecular weight excluding hydrogens is 214 g/mol. The molecule has 0 bridgehead atoms. The third-order valence-corrected chi connectivity index (χ3v) is 3.40. The maximum absolute atomic E-state index is 11.5. The fourth-order valence-corrected chi connectivity index (χ4v) is 1.49. The first-order valence-electron chi connectivity index (χ1n) is 6.68. The monoisotopic (exact) mass is 243 g/mol. The van der Waals surface area contributed by atoms with Crippen molar-refractivity contribution < 1.29 is 4.79 Å². The SMILES string of the molecule is CCC(C)N(C)CCNC(=O)CCC(C)CN. The summed E-state index contributed by atoms with van der Waals surface area (Å²) in [5.41, 5.74) is 5.51. The smallest absolute Gasteiger partial charge is 0.220 e. The number of hydrogen-bond donors (Lipinski definition) is 2. The van der Waals surface area contributed by atoms with Crippen molar-refractivity contribution >= 4 is 5.91 Å². The molecule has 0 fully saturated rings. The molecule has 0 aromatic heterocycles. The summed E-state index contributed by atoms with van der Waals surface area (Å²) in [4.78, 5) is 13.8. The molecule has 3 N–H and O–H groups in total. The molecule has 4 heteroatoms. The van der Waals surface area contributed by atoms with Crippen LogP contribution in [0.4, 0.5) is 0 Å². The maximum atomic E-state index is 11.5. The molecule has 0 aromatic rings. The van der Waals surface area contributed by atoms with Gasteiger partial charge in [0.05, 0.1) is 0 Å². The van der Waals surface area contributed by atoms with E-state index in [4.69, 9.17) is 5.73 Å². The van der Waals surface area contributed by atoms with Crippen LogP contribution in [0.15, 0.2) is 0 Å². The third kappa shape index (κ3) is 8.16. The fourth-order valence-electron chi connectivity index (χ4n) is 1.49. The minimum Gasteiger partial charge on any atom is -0.355 e. The van der Waals surface area contributed by atoms with Gasteiger partial charge in [0.1, 0.15) is 0 Å². The van der Waals surface area contributed by atoms with Crippen LogP contribution in [-0.2, 0) is 4.79 Å². The van der Waals surface area contributed by atoms with Crippen molar-refractivity contribution in [2.24, 2.45) is 11.7 Å². The molecule has 4 nitrogen and oxygen atoms in total.